The van der Waals surface area contributed by atoms with Gasteiger partial charge < -0.3 is 4.74 Å². The van der Waals surface area contributed by atoms with Gasteiger partial charge in [-0.1, -0.05) is 12.2 Å². The first-order valence-electron chi connectivity index (χ1n) is 3.46. The maximum Gasteiger partial charge on any atom is 0.178 e. The van der Waals surface area contributed by atoms with Gasteiger partial charge in [-0.05, 0) is 6.42 Å². The number of ether oxygens (including phenoxy) is 1. The summed E-state index contributed by atoms with van der Waals surface area (Å²) in [6.07, 6.45) is 8.10. The number of allylic oxidation sites excluding steroid dienone is 3. The molecule has 2 heteroatoms. The summed E-state index contributed by atoms with van der Waals surface area (Å²) in [4.78, 5) is 4.23. The zero-order chi connectivity index (χ0) is 6.81. The number of hydrogen-bond acceptors (Lipinski definition) is 2. The molecule has 0 fully saturated rings. The summed E-state index contributed by atoms with van der Waals surface area (Å²) >= 11 is 0. The molecule has 2 nitrogen and oxygen atoms in total. The molecule has 0 aromatic heterocycles. The second kappa shape index (κ2) is 2.29. The molecule has 0 saturated heterocycles. The Morgan fingerprint density at radius 2 is 2.20 bits per heavy atom. The number of nitrogens with zero attached hydrogens (tertiary/aromatic N) is 1. The van der Waals surface area contributed by atoms with Crippen molar-refractivity contribution in [1.29, 1.82) is 0 Å². The Morgan fingerprint density at radius 3 is 3.10 bits per heavy atom. The smallest absolute Gasteiger partial charge is 0.178 e. The van der Waals surface area contributed by atoms with Crippen LogP contribution >= 0.6 is 0 Å². The van der Waals surface area contributed by atoms with E-state index >= 15 is 0 Å². The lowest BCUT2D eigenvalue weighted by molar-refractivity contribution is 0.254. The molecule has 0 radical (unpaired) electrons. The fourth-order valence-electron chi connectivity index (χ4n) is 1.19. The molecule has 2 aliphatic rings. The number of hydrogen-bond donors (Lipinski definition) is 0. The van der Waals surface area contributed by atoms with Crippen LogP contribution in [0.3, 0.4) is 0 Å². The highest BCUT2D eigenvalue weighted by Gasteiger charge is 2.11. The van der Waals surface area contributed by atoms with Gasteiger partial charge in [0.15, 0.2) is 6.73 Å². The van der Waals surface area contributed by atoms with Crippen molar-refractivity contribution in [3.05, 3.63) is 24.0 Å². The molecule has 0 amide bonds. The summed E-state index contributed by atoms with van der Waals surface area (Å²) in [6.45, 7) is 0.507. The summed E-state index contributed by atoms with van der Waals surface area (Å²) in [5, 5.41) is 0. The zero-order valence-electron chi connectivity index (χ0n) is 5.71. The summed E-state index contributed by atoms with van der Waals surface area (Å²) in [7, 11) is 0. The Hall–Kier alpha value is -1.05. The van der Waals surface area contributed by atoms with Gasteiger partial charge in [0.2, 0.25) is 0 Å². The van der Waals surface area contributed by atoms with Crippen LogP contribution in [-0.2, 0) is 4.74 Å². The van der Waals surface area contributed by atoms with Crippen LogP contribution in [0.5, 0.6) is 0 Å². The van der Waals surface area contributed by atoms with Crippen molar-refractivity contribution in [2.75, 3.05) is 6.73 Å². The Labute approximate surface area is 59.9 Å². The Morgan fingerprint density at radius 1 is 1.30 bits per heavy atom. The van der Waals surface area contributed by atoms with Crippen molar-refractivity contribution >= 4 is 5.71 Å². The van der Waals surface area contributed by atoms with E-state index in [9.17, 15) is 0 Å². The normalized spacial score (nSPS) is 22.4. The molecule has 1 aliphatic heterocycles. The molecule has 0 bridgehead atoms. The molecule has 0 spiro atoms. The molecule has 1 heterocycles. The van der Waals surface area contributed by atoms with Gasteiger partial charge in [-0.15, -0.1) is 0 Å². The summed E-state index contributed by atoms with van der Waals surface area (Å²) in [6, 6.07) is 0. The average Bonchev–Trinajstić information content (AvgIpc) is 2.05. The maximum atomic E-state index is 5.06. The highest BCUT2D eigenvalue weighted by Crippen LogP contribution is 2.17. The minimum absolute atomic E-state index is 0.507. The molecule has 10 heavy (non-hydrogen) atoms. The van der Waals surface area contributed by atoms with Crippen LogP contribution < -0.4 is 0 Å². The minimum atomic E-state index is 0.507. The van der Waals surface area contributed by atoms with Crippen LogP contribution in [0, 0.1) is 0 Å². The number of fused-ring (bicyclic) bond motifs is 1. The van der Waals surface area contributed by atoms with Crippen LogP contribution in [0.2, 0.25) is 0 Å². The highest BCUT2D eigenvalue weighted by atomic mass is 16.5. The third-order valence-electron chi connectivity index (χ3n) is 1.74. The predicted molar refractivity (Wildman–Crippen MR) is 39.8 cm³/mol. The molecule has 0 N–H and O–H groups in total. The molecule has 2 rings (SSSR count). The summed E-state index contributed by atoms with van der Waals surface area (Å²) in [5.74, 6) is 0. The van der Waals surface area contributed by atoms with Crippen molar-refractivity contribution in [2.45, 2.75) is 12.8 Å². The lowest BCUT2D eigenvalue weighted by Gasteiger charge is -2.15. The van der Waals surface area contributed by atoms with Crippen LogP contribution in [0.25, 0.3) is 0 Å². The van der Waals surface area contributed by atoms with E-state index in [4.69, 9.17) is 4.74 Å². The van der Waals surface area contributed by atoms with E-state index in [1.54, 1.807) is 0 Å². The Bertz CT molecular complexity index is 201. The summed E-state index contributed by atoms with van der Waals surface area (Å²) < 4.78 is 5.06. The second-order valence-electron chi connectivity index (χ2n) is 2.42. The Kier molecular flexibility index (Phi) is 1.31. The first-order valence-corrected chi connectivity index (χ1v) is 3.46. The molecular weight excluding hydrogens is 126 g/mol. The molecular formula is C8H9NO. The molecule has 0 saturated carbocycles. The first-order chi connectivity index (χ1) is 4.97. The highest BCUT2D eigenvalue weighted by molar-refractivity contribution is 6.02. The van der Waals surface area contributed by atoms with E-state index in [1.165, 1.54) is 11.3 Å². The Balaban J connectivity index is 2.30. The molecule has 0 atom stereocenters. The van der Waals surface area contributed by atoms with E-state index in [2.05, 4.69) is 17.1 Å². The van der Waals surface area contributed by atoms with Crippen molar-refractivity contribution in [3.63, 3.8) is 0 Å². The van der Waals surface area contributed by atoms with Crippen LogP contribution in [0.4, 0.5) is 0 Å². The SMILES string of the molecule is C1=CCC2=NCOC=C2C1. The third-order valence-corrected chi connectivity index (χ3v) is 1.74. The monoisotopic (exact) mass is 135 g/mol. The first kappa shape index (κ1) is 5.71. The predicted octanol–water partition coefficient (Wildman–Crippen LogP) is 1.65. The van der Waals surface area contributed by atoms with Crippen molar-refractivity contribution in [2.24, 2.45) is 4.99 Å². The van der Waals surface area contributed by atoms with Crippen LogP contribution in [0.15, 0.2) is 29.0 Å². The molecule has 52 valence electrons. The summed E-state index contributed by atoms with van der Waals surface area (Å²) in [5.41, 5.74) is 2.45. The molecule has 0 unspecified atom stereocenters. The molecule has 1 aliphatic carbocycles. The van der Waals surface area contributed by atoms with Gasteiger partial charge in [-0.25, -0.2) is 4.99 Å². The second-order valence-corrected chi connectivity index (χ2v) is 2.42. The lowest BCUT2D eigenvalue weighted by atomic mass is 10.00. The van der Waals surface area contributed by atoms with Crippen molar-refractivity contribution < 1.29 is 4.74 Å². The molecule has 0 aromatic carbocycles. The number of rotatable bonds is 0. The van der Waals surface area contributed by atoms with Gasteiger partial charge in [-0.3, -0.25) is 0 Å². The average molecular weight is 135 g/mol. The van der Waals surface area contributed by atoms with Gasteiger partial charge in [0, 0.05) is 17.7 Å². The van der Waals surface area contributed by atoms with Crippen LogP contribution in [0.1, 0.15) is 12.8 Å². The fourth-order valence-corrected chi connectivity index (χ4v) is 1.19. The van der Waals surface area contributed by atoms with E-state index in [0.29, 0.717) is 6.73 Å². The molecule has 0 aromatic rings. The van der Waals surface area contributed by atoms with Crippen molar-refractivity contribution in [3.8, 4) is 0 Å². The topological polar surface area (TPSA) is 21.6 Å². The quantitative estimate of drug-likeness (QED) is 0.463. The lowest BCUT2D eigenvalue weighted by Crippen LogP contribution is -2.11. The van der Waals surface area contributed by atoms with Gasteiger partial charge in [0.05, 0.1) is 6.26 Å². The van der Waals surface area contributed by atoms with Gasteiger partial charge in [-0.2, -0.15) is 0 Å². The van der Waals surface area contributed by atoms with Gasteiger partial charge >= 0.3 is 0 Å². The fraction of sp³-hybridized carbons (Fsp3) is 0.375. The minimum Gasteiger partial charge on any atom is -0.479 e. The van der Waals surface area contributed by atoms with E-state index in [0.717, 1.165) is 12.8 Å². The van der Waals surface area contributed by atoms with Crippen molar-refractivity contribution in [1.82, 2.24) is 0 Å². The van der Waals surface area contributed by atoms with Gasteiger partial charge in [0.25, 0.3) is 0 Å². The largest absolute Gasteiger partial charge is 0.479 e. The third kappa shape index (κ3) is 0.856. The van der Waals surface area contributed by atoms with Gasteiger partial charge in [0.1, 0.15) is 0 Å². The maximum absolute atomic E-state index is 5.06. The van der Waals surface area contributed by atoms with Crippen LogP contribution in [-0.4, -0.2) is 12.4 Å². The van der Waals surface area contributed by atoms with E-state index in [-0.39, 0.29) is 0 Å². The van der Waals surface area contributed by atoms with E-state index in [1.807, 2.05) is 6.26 Å². The standard InChI is InChI=1S/C8H9NO/c1-2-4-8-7(3-1)5-10-6-9-8/h1-2,5H,3-4,6H2. The zero-order valence-corrected chi connectivity index (χ0v) is 5.71. The van der Waals surface area contributed by atoms with E-state index < -0.39 is 0 Å². The number of aliphatic imine (C=N–C) groups is 1.